The number of rotatable bonds is 6. The van der Waals surface area contributed by atoms with Gasteiger partial charge in [-0.05, 0) is 23.3 Å². The fourth-order valence-corrected chi connectivity index (χ4v) is 3.09. The lowest BCUT2D eigenvalue weighted by molar-refractivity contribution is -0.120. The lowest BCUT2D eigenvalue weighted by Crippen LogP contribution is -2.37. The van der Waals surface area contributed by atoms with Crippen molar-refractivity contribution in [2.45, 2.75) is 13.2 Å². The fourth-order valence-electron chi connectivity index (χ4n) is 2.58. The van der Waals surface area contributed by atoms with Crippen LogP contribution in [0.5, 0.6) is 0 Å². The molecular weight excluding hydrogens is 444 g/mol. The average molecular weight is 461 g/mol. The van der Waals surface area contributed by atoms with Crippen LogP contribution >= 0.6 is 15.9 Å². The minimum atomic E-state index is -0.782. The van der Waals surface area contributed by atoms with Crippen LogP contribution < -0.4 is 21.8 Å². The molecule has 1 aromatic heterocycles. The quantitative estimate of drug-likeness (QED) is 0.413. The zero-order valence-electron chi connectivity index (χ0n) is 15.1. The number of benzene rings is 2. The van der Waals surface area contributed by atoms with Crippen LogP contribution in [0.25, 0.3) is 11.0 Å². The van der Waals surface area contributed by atoms with E-state index in [4.69, 9.17) is 4.74 Å². The summed E-state index contributed by atoms with van der Waals surface area (Å²) in [5, 5.41) is 5.00. The van der Waals surface area contributed by atoms with Gasteiger partial charge in [0.2, 0.25) is 5.91 Å². The normalized spacial score (nSPS) is 10.5. The van der Waals surface area contributed by atoms with E-state index in [1.165, 1.54) is 0 Å². The van der Waals surface area contributed by atoms with Gasteiger partial charge in [-0.25, -0.2) is 4.79 Å². The molecule has 0 radical (unpaired) electrons. The van der Waals surface area contributed by atoms with Crippen molar-refractivity contribution in [3.8, 4) is 0 Å². The van der Waals surface area contributed by atoms with Crippen LogP contribution in [0.15, 0.2) is 56.5 Å². The van der Waals surface area contributed by atoms with Gasteiger partial charge in [0.15, 0.2) is 0 Å². The van der Waals surface area contributed by atoms with Crippen LogP contribution in [0.3, 0.4) is 0 Å². The molecule has 150 valence electrons. The summed E-state index contributed by atoms with van der Waals surface area (Å²) in [5.41, 5.74) is 0.714. The summed E-state index contributed by atoms with van der Waals surface area (Å²) in [6.07, 6.45) is -0.709. The highest BCUT2D eigenvalue weighted by Gasteiger charge is 2.10. The van der Waals surface area contributed by atoms with Gasteiger partial charge in [-0.1, -0.05) is 46.3 Å². The monoisotopic (exact) mass is 460 g/mol. The maximum Gasteiger partial charge on any atom is 0.407 e. The molecule has 29 heavy (non-hydrogen) atoms. The summed E-state index contributed by atoms with van der Waals surface area (Å²) < 4.78 is 5.70. The third-order valence-corrected chi connectivity index (χ3v) is 4.42. The molecule has 1 heterocycles. The Balaban J connectivity index is 1.54. The van der Waals surface area contributed by atoms with Crippen LogP contribution in [-0.4, -0.2) is 28.5 Å². The van der Waals surface area contributed by atoms with E-state index in [9.17, 15) is 19.2 Å². The molecule has 3 rings (SSSR count). The zero-order valence-corrected chi connectivity index (χ0v) is 16.7. The van der Waals surface area contributed by atoms with Crippen LogP contribution in [-0.2, 0) is 22.7 Å². The molecule has 3 aromatic rings. The Labute approximate surface area is 172 Å². The standard InChI is InChI=1S/C19H17BrN4O5/c20-13-6-12(16-14(7-13)23-17(26)18(27)24-16)8-21-15(25)9-22-19(28)29-10-11-4-2-1-3-5-11/h1-7H,8-10H2,(H,21,25)(H,22,28)(H,23,26)(H,24,27). The molecule has 4 N–H and O–H groups in total. The number of hydrogen-bond donors (Lipinski definition) is 4. The van der Waals surface area contributed by atoms with Crippen molar-refractivity contribution in [3.05, 3.63) is 78.8 Å². The largest absolute Gasteiger partial charge is 0.445 e. The molecule has 0 aliphatic carbocycles. The first-order valence-corrected chi connectivity index (χ1v) is 9.37. The second-order valence-electron chi connectivity index (χ2n) is 6.09. The highest BCUT2D eigenvalue weighted by atomic mass is 79.9. The number of alkyl carbamates (subject to hydrolysis) is 1. The summed E-state index contributed by atoms with van der Waals surface area (Å²) in [6, 6.07) is 12.5. The van der Waals surface area contributed by atoms with Gasteiger partial charge in [0, 0.05) is 11.0 Å². The molecule has 10 heteroatoms. The van der Waals surface area contributed by atoms with Crippen molar-refractivity contribution < 1.29 is 14.3 Å². The molecule has 0 aliphatic heterocycles. The van der Waals surface area contributed by atoms with Crippen LogP contribution in [0.1, 0.15) is 11.1 Å². The number of hydrogen-bond acceptors (Lipinski definition) is 5. The van der Waals surface area contributed by atoms with Crippen molar-refractivity contribution in [2.24, 2.45) is 0 Å². The maximum absolute atomic E-state index is 12.0. The number of H-pyrrole nitrogens is 2. The molecule has 0 fully saturated rings. The van der Waals surface area contributed by atoms with Gasteiger partial charge in [-0.3, -0.25) is 14.4 Å². The number of aromatic amines is 2. The van der Waals surface area contributed by atoms with Gasteiger partial charge in [0.1, 0.15) is 13.2 Å². The van der Waals surface area contributed by atoms with Crippen molar-refractivity contribution in [2.75, 3.05) is 6.54 Å². The van der Waals surface area contributed by atoms with E-state index < -0.39 is 23.1 Å². The highest BCUT2D eigenvalue weighted by molar-refractivity contribution is 9.10. The summed E-state index contributed by atoms with van der Waals surface area (Å²) in [7, 11) is 0. The topological polar surface area (TPSA) is 133 Å². The molecular formula is C19H17BrN4O5. The van der Waals surface area contributed by atoms with Crippen molar-refractivity contribution >= 4 is 39.0 Å². The molecule has 0 saturated carbocycles. The molecule has 0 saturated heterocycles. The summed E-state index contributed by atoms with van der Waals surface area (Å²) in [6.45, 7) is -0.0890. The van der Waals surface area contributed by atoms with Gasteiger partial charge in [-0.15, -0.1) is 0 Å². The predicted molar refractivity (Wildman–Crippen MR) is 109 cm³/mol. The molecule has 9 nitrogen and oxygen atoms in total. The Morgan fingerprint density at radius 3 is 2.48 bits per heavy atom. The average Bonchev–Trinajstić information content (AvgIpc) is 2.71. The Morgan fingerprint density at radius 1 is 1.00 bits per heavy atom. The number of aromatic nitrogens is 2. The molecule has 2 amide bonds. The lowest BCUT2D eigenvalue weighted by atomic mass is 10.1. The van der Waals surface area contributed by atoms with Crippen LogP contribution in [0.2, 0.25) is 0 Å². The maximum atomic E-state index is 12.0. The molecule has 0 spiro atoms. The van der Waals surface area contributed by atoms with E-state index in [2.05, 4.69) is 36.5 Å². The van der Waals surface area contributed by atoms with Crippen molar-refractivity contribution in [1.82, 2.24) is 20.6 Å². The first kappa shape index (κ1) is 20.3. The van der Waals surface area contributed by atoms with Gasteiger partial charge in [0.25, 0.3) is 0 Å². The van der Waals surface area contributed by atoms with Gasteiger partial charge >= 0.3 is 17.2 Å². The van der Waals surface area contributed by atoms with E-state index >= 15 is 0 Å². The zero-order chi connectivity index (χ0) is 20.8. The number of amides is 2. The number of ether oxygens (including phenoxy) is 1. The lowest BCUT2D eigenvalue weighted by Gasteiger charge is -2.10. The Bertz CT molecular complexity index is 1160. The number of carbonyl (C=O) groups excluding carboxylic acids is 2. The first-order chi connectivity index (χ1) is 13.9. The number of carbonyl (C=O) groups is 2. The van der Waals surface area contributed by atoms with Gasteiger partial charge in [0.05, 0.1) is 11.0 Å². The fraction of sp³-hybridized carbons (Fsp3) is 0.158. The highest BCUT2D eigenvalue weighted by Crippen LogP contribution is 2.20. The molecule has 2 aromatic carbocycles. The van der Waals surface area contributed by atoms with E-state index in [0.717, 1.165) is 5.56 Å². The number of nitrogens with one attached hydrogen (secondary N) is 4. The Morgan fingerprint density at radius 2 is 1.72 bits per heavy atom. The Hall–Kier alpha value is -3.40. The summed E-state index contributed by atoms with van der Waals surface area (Å²) in [5.74, 6) is -0.443. The summed E-state index contributed by atoms with van der Waals surface area (Å²) in [4.78, 5) is 51.8. The van der Waals surface area contributed by atoms with Crippen molar-refractivity contribution in [3.63, 3.8) is 0 Å². The first-order valence-electron chi connectivity index (χ1n) is 8.58. The molecule has 0 bridgehead atoms. The Kier molecular flexibility index (Phi) is 6.45. The van der Waals surface area contributed by atoms with Crippen molar-refractivity contribution in [1.29, 1.82) is 0 Å². The third-order valence-electron chi connectivity index (χ3n) is 3.96. The van der Waals surface area contributed by atoms with Gasteiger partial charge < -0.3 is 25.3 Å². The predicted octanol–water partition coefficient (Wildman–Crippen LogP) is 1.52. The van der Waals surface area contributed by atoms with E-state index in [0.29, 0.717) is 21.1 Å². The minimum Gasteiger partial charge on any atom is -0.445 e. The second-order valence-corrected chi connectivity index (χ2v) is 7.00. The molecule has 0 aliphatic rings. The van der Waals surface area contributed by atoms with E-state index in [-0.39, 0.29) is 19.7 Å². The SMILES string of the molecule is O=C(CNC(=O)OCc1ccccc1)NCc1cc(Br)cc2[nH]c(=O)c(=O)[nH]c12. The number of fused-ring (bicyclic) bond motifs is 1. The van der Waals surface area contributed by atoms with E-state index in [1.807, 2.05) is 30.3 Å². The van der Waals surface area contributed by atoms with E-state index in [1.54, 1.807) is 12.1 Å². The third kappa shape index (κ3) is 5.55. The number of halogens is 1. The van der Waals surface area contributed by atoms with Gasteiger partial charge in [-0.2, -0.15) is 0 Å². The molecule has 0 unspecified atom stereocenters. The van der Waals surface area contributed by atoms with Crippen LogP contribution in [0, 0.1) is 0 Å². The second kappa shape index (κ2) is 9.20. The minimum absolute atomic E-state index is 0.0809. The smallest absolute Gasteiger partial charge is 0.407 e. The molecule has 0 atom stereocenters. The summed E-state index contributed by atoms with van der Waals surface area (Å²) >= 11 is 3.32. The van der Waals surface area contributed by atoms with Crippen LogP contribution in [0.4, 0.5) is 4.79 Å².